The Bertz CT molecular complexity index is 382. The molecule has 1 spiro atoms. The third-order valence-corrected chi connectivity index (χ3v) is 5.54. The van der Waals surface area contributed by atoms with E-state index in [9.17, 15) is 0 Å². The molecule has 0 radical (unpaired) electrons. The van der Waals surface area contributed by atoms with Gasteiger partial charge in [-0.1, -0.05) is 45.8 Å². The highest BCUT2D eigenvalue weighted by Gasteiger charge is 2.42. The Kier molecular flexibility index (Phi) is 10.3. The van der Waals surface area contributed by atoms with Crippen LogP contribution in [0.1, 0.15) is 86.5 Å². The van der Waals surface area contributed by atoms with Crippen LogP contribution in [0.2, 0.25) is 0 Å². The molecule has 3 nitrogen and oxygen atoms in total. The molecule has 2 aliphatic rings. The van der Waals surface area contributed by atoms with Gasteiger partial charge in [0, 0.05) is 32.0 Å². The second-order valence-corrected chi connectivity index (χ2v) is 7.98. The van der Waals surface area contributed by atoms with E-state index < -0.39 is 0 Å². The molecule has 1 aliphatic heterocycles. The summed E-state index contributed by atoms with van der Waals surface area (Å²) in [5.74, 6) is 0.610. The zero-order valence-electron chi connectivity index (χ0n) is 17.8. The molecule has 0 aromatic carbocycles. The fourth-order valence-corrected chi connectivity index (χ4v) is 3.96. The zero-order valence-corrected chi connectivity index (χ0v) is 17.8. The van der Waals surface area contributed by atoms with Gasteiger partial charge in [0.15, 0.2) is 5.79 Å². The van der Waals surface area contributed by atoms with E-state index in [1.165, 1.54) is 31.3 Å². The number of hydrogen-bond acceptors (Lipinski definition) is 3. The first-order chi connectivity index (χ1) is 11.9. The van der Waals surface area contributed by atoms with E-state index >= 15 is 0 Å². The van der Waals surface area contributed by atoms with Gasteiger partial charge in [0.2, 0.25) is 0 Å². The first kappa shape index (κ1) is 22.7. The molecule has 1 saturated carbocycles. The average molecular weight is 354 g/mol. The van der Waals surface area contributed by atoms with E-state index in [1.807, 2.05) is 13.8 Å². The van der Waals surface area contributed by atoms with E-state index in [-0.39, 0.29) is 11.9 Å². The van der Waals surface area contributed by atoms with E-state index in [2.05, 4.69) is 39.2 Å². The van der Waals surface area contributed by atoms with Gasteiger partial charge in [-0.2, -0.15) is 0 Å². The molecule has 3 atom stereocenters. The molecule has 1 heterocycles. The predicted octanol–water partition coefficient (Wildman–Crippen LogP) is 5.79. The molecule has 25 heavy (non-hydrogen) atoms. The van der Waals surface area contributed by atoms with Crippen molar-refractivity contribution >= 4 is 0 Å². The fraction of sp³-hybridized carbons (Fsp3) is 0.909. The second kappa shape index (κ2) is 11.4. The summed E-state index contributed by atoms with van der Waals surface area (Å²) in [7, 11) is 0. The largest absolute Gasteiger partial charge is 0.347 e. The van der Waals surface area contributed by atoms with Crippen molar-refractivity contribution in [3.05, 3.63) is 12.2 Å². The average Bonchev–Trinajstić information content (AvgIpc) is 2.87. The van der Waals surface area contributed by atoms with Gasteiger partial charge in [-0.25, -0.2) is 0 Å². The summed E-state index contributed by atoms with van der Waals surface area (Å²) >= 11 is 0. The highest BCUT2D eigenvalue weighted by Crippen LogP contribution is 2.39. The van der Waals surface area contributed by atoms with Gasteiger partial charge in [-0.15, -0.1) is 0 Å². The monoisotopic (exact) mass is 353 g/mol. The van der Waals surface area contributed by atoms with Gasteiger partial charge in [0.1, 0.15) is 0 Å². The van der Waals surface area contributed by atoms with Crippen LogP contribution in [-0.2, 0) is 9.47 Å². The SMILES string of the molecule is C=C(C)CN(CCC1COC2(CCCC(CC)CC2)O1)C(C)C.CC. The van der Waals surface area contributed by atoms with Crippen molar-refractivity contribution in [2.75, 3.05) is 19.7 Å². The molecular weight excluding hydrogens is 310 g/mol. The molecule has 3 heteroatoms. The molecule has 0 amide bonds. The lowest BCUT2D eigenvalue weighted by atomic mass is 9.97. The van der Waals surface area contributed by atoms with Crippen LogP contribution >= 0.6 is 0 Å². The molecule has 0 N–H and O–H groups in total. The molecule has 1 saturated heterocycles. The Morgan fingerprint density at radius 3 is 2.56 bits per heavy atom. The molecule has 148 valence electrons. The van der Waals surface area contributed by atoms with Gasteiger partial charge in [0.05, 0.1) is 12.7 Å². The summed E-state index contributed by atoms with van der Waals surface area (Å²) in [6.45, 7) is 19.8. The quantitative estimate of drug-likeness (QED) is 0.541. The first-order valence-electron chi connectivity index (χ1n) is 10.6. The van der Waals surface area contributed by atoms with Crippen molar-refractivity contribution in [3.8, 4) is 0 Å². The zero-order chi connectivity index (χ0) is 18.9. The molecule has 0 aromatic heterocycles. The Hall–Kier alpha value is -0.380. The van der Waals surface area contributed by atoms with Crippen molar-refractivity contribution in [2.45, 2.75) is 104 Å². The minimum Gasteiger partial charge on any atom is -0.347 e. The minimum absolute atomic E-state index is 0.258. The molecule has 0 aromatic rings. The van der Waals surface area contributed by atoms with Crippen LogP contribution in [0.15, 0.2) is 12.2 Å². The summed E-state index contributed by atoms with van der Waals surface area (Å²) in [6.07, 6.45) is 8.64. The van der Waals surface area contributed by atoms with E-state index in [1.54, 1.807) is 0 Å². The lowest BCUT2D eigenvalue weighted by Crippen LogP contribution is -2.35. The van der Waals surface area contributed by atoms with Crippen molar-refractivity contribution in [1.29, 1.82) is 0 Å². The predicted molar refractivity (Wildman–Crippen MR) is 108 cm³/mol. The first-order valence-corrected chi connectivity index (χ1v) is 10.6. The summed E-state index contributed by atoms with van der Waals surface area (Å²) in [5.41, 5.74) is 1.23. The lowest BCUT2D eigenvalue weighted by Gasteiger charge is -2.29. The summed E-state index contributed by atoms with van der Waals surface area (Å²) in [4.78, 5) is 2.48. The van der Waals surface area contributed by atoms with Crippen LogP contribution in [-0.4, -0.2) is 42.5 Å². The van der Waals surface area contributed by atoms with Crippen molar-refractivity contribution < 1.29 is 9.47 Å². The molecule has 2 rings (SSSR count). The van der Waals surface area contributed by atoms with Crippen LogP contribution < -0.4 is 0 Å². The fourth-order valence-electron chi connectivity index (χ4n) is 3.96. The van der Waals surface area contributed by atoms with Crippen LogP contribution in [0.4, 0.5) is 0 Å². The summed E-state index contributed by atoms with van der Waals surface area (Å²) < 4.78 is 12.6. The van der Waals surface area contributed by atoms with Gasteiger partial charge >= 0.3 is 0 Å². The van der Waals surface area contributed by atoms with E-state index in [0.717, 1.165) is 44.9 Å². The molecular formula is C22H43NO2. The van der Waals surface area contributed by atoms with E-state index in [4.69, 9.17) is 9.47 Å². The van der Waals surface area contributed by atoms with Crippen LogP contribution in [0.25, 0.3) is 0 Å². The minimum atomic E-state index is -0.258. The van der Waals surface area contributed by atoms with Gasteiger partial charge in [-0.3, -0.25) is 4.90 Å². The van der Waals surface area contributed by atoms with Crippen LogP contribution in [0.5, 0.6) is 0 Å². The van der Waals surface area contributed by atoms with Gasteiger partial charge in [0.25, 0.3) is 0 Å². The summed E-state index contributed by atoms with van der Waals surface area (Å²) in [6, 6.07) is 0.547. The molecule has 1 aliphatic carbocycles. The van der Waals surface area contributed by atoms with E-state index in [0.29, 0.717) is 6.04 Å². The number of rotatable bonds is 7. The number of hydrogen-bond donors (Lipinski definition) is 0. The maximum Gasteiger partial charge on any atom is 0.168 e. The van der Waals surface area contributed by atoms with Gasteiger partial charge < -0.3 is 9.47 Å². The molecule has 0 bridgehead atoms. The smallest absolute Gasteiger partial charge is 0.168 e. The van der Waals surface area contributed by atoms with Crippen LogP contribution in [0, 0.1) is 5.92 Å². The maximum absolute atomic E-state index is 6.43. The standard InChI is InChI=1S/C20H37NO2.C2H6/c1-6-18-8-7-11-20(12-9-18)22-15-19(23-20)10-13-21(17(4)5)14-16(2)3;1-2/h17-19H,2,6-15H2,1,3-5H3;1-2H3. The Balaban J connectivity index is 0.00000151. The highest BCUT2D eigenvalue weighted by molar-refractivity contribution is 4.93. The third-order valence-electron chi connectivity index (χ3n) is 5.54. The highest BCUT2D eigenvalue weighted by atomic mass is 16.7. The number of nitrogens with zero attached hydrogens (tertiary/aromatic N) is 1. The van der Waals surface area contributed by atoms with Crippen LogP contribution in [0.3, 0.4) is 0 Å². The Labute approximate surface area is 157 Å². The Morgan fingerprint density at radius 2 is 1.96 bits per heavy atom. The lowest BCUT2D eigenvalue weighted by molar-refractivity contribution is -0.177. The van der Waals surface area contributed by atoms with Crippen molar-refractivity contribution in [3.63, 3.8) is 0 Å². The van der Waals surface area contributed by atoms with Crippen molar-refractivity contribution in [1.82, 2.24) is 4.90 Å². The second-order valence-electron chi connectivity index (χ2n) is 7.98. The molecule has 2 fully saturated rings. The molecule has 3 unspecified atom stereocenters. The maximum atomic E-state index is 6.43. The van der Waals surface area contributed by atoms with Gasteiger partial charge in [-0.05, 0) is 46.0 Å². The summed E-state index contributed by atoms with van der Waals surface area (Å²) in [5, 5.41) is 0. The normalized spacial score (nSPS) is 29.6. The number of ether oxygens (including phenoxy) is 2. The topological polar surface area (TPSA) is 21.7 Å². The Morgan fingerprint density at radius 1 is 1.24 bits per heavy atom. The van der Waals surface area contributed by atoms with Crippen molar-refractivity contribution in [2.24, 2.45) is 5.92 Å². The third kappa shape index (κ3) is 7.40.